The van der Waals surface area contributed by atoms with Gasteiger partial charge in [-0.2, -0.15) is 0 Å². The number of rotatable bonds is 2. The molecule has 90 valence electrons. The molecule has 0 aromatic heterocycles. The first-order valence-corrected chi connectivity index (χ1v) is 7.22. The van der Waals surface area contributed by atoms with Crippen molar-refractivity contribution in [2.45, 2.75) is 63.1 Å². The van der Waals surface area contributed by atoms with Crippen LogP contribution in [0, 0.1) is 23.7 Å². The lowest BCUT2D eigenvalue weighted by Crippen LogP contribution is -2.59. The van der Waals surface area contributed by atoms with Gasteiger partial charge in [-0.1, -0.05) is 0 Å². The number of aliphatic hydroxyl groups is 1. The van der Waals surface area contributed by atoms with Gasteiger partial charge in [0.2, 0.25) is 0 Å². The van der Waals surface area contributed by atoms with Crippen molar-refractivity contribution in [3.8, 4) is 0 Å². The maximum Gasteiger partial charge on any atom is 0.0570 e. The number of aliphatic hydroxyl groups excluding tert-OH is 1. The molecular formula is C14H23NO. The SMILES string of the molecule is OC1CC(NC2C3CC4CC(C3)CC2C4)C1. The highest BCUT2D eigenvalue weighted by molar-refractivity contribution is 5.03. The maximum absolute atomic E-state index is 9.36. The van der Waals surface area contributed by atoms with Crippen LogP contribution in [0.4, 0.5) is 0 Å². The van der Waals surface area contributed by atoms with Gasteiger partial charge in [0, 0.05) is 12.1 Å². The quantitative estimate of drug-likeness (QED) is 0.746. The van der Waals surface area contributed by atoms with Gasteiger partial charge in [-0.15, -0.1) is 0 Å². The van der Waals surface area contributed by atoms with Crippen LogP contribution >= 0.6 is 0 Å². The van der Waals surface area contributed by atoms with Crippen molar-refractivity contribution in [1.82, 2.24) is 5.32 Å². The van der Waals surface area contributed by atoms with E-state index < -0.39 is 0 Å². The molecule has 2 heteroatoms. The van der Waals surface area contributed by atoms with E-state index in [4.69, 9.17) is 0 Å². The van der Waals surface area contributed by atoms with E-state index in [0.29, 0.717) is 6.04 Å². The molecule has 0 aromatic carbocycles. The van der Waals surface area contributed by atoms with E-state index in [1.807, 2.05) is 0 Å². The van der Waals surface area contributed by atoms with Crippen LogP contribution in [0.1, 0.15) is 44.9 Å². The van der Waals surface area contributed by atoms with Crippen molar-refractivity contribution in [2.75, 3.05) is 0 Å². The smallest absolute Gasteiger partial charge is 0.0570 e. The second kappa shape index (κ2) is 3.46. The summed E-state index contributed by atoms with van der Waals surface area (Å²) >= 11 is 0. The average molecular weight is 221 g/mol. The molecule has 0 aliphatic heterocycles. The van der Waals surface area contributed by atoms with Crippen LogP contribution in [-0.4, -0.2) is 23.3 Å². The first kappa shape index (κ1) is 9.90. The van der Waals surface area contributed by atoms with E-state index in [9.17, 15) is 5.11 Å². The highest BCUT2D eigenvalue weighted by Gasteiger charge is 2.49. The summed E-state index contributed by atoms with van der Waals surface area (Å²) in [6, 6.07) is 1.45. The van der Waals surface area contributed by atoms with E-state index >= 15 is 0 Å². The molecule has 5 fully saturated rings. The molecule has 0 unspecified atom stereocenters. The molecule has 4 bridgehead atoms. The zero-order valence-corrected chi connectivity index (χ0v) is 9.94. The van der Waals surface area contributed by atoms with Gasteiger partial charge in [0.05, 0.1) is 6.10 Å². The van der Waals surface area contributed by atoms with E-state index in [1.54, 1.807) is 6.42 Å². The summed E-state index contributed by atoms with van der Waals surface area (Å²) in [7, 11) is 0. The topological polar surface area (TPSA) is 32.3 Å². The van der Waals surface area contributed by atoms with Crippen molar-refractivity contribution >= 4 is 0 Å². The first-order chi connectivity index (χ1) is 7.78. The van der Waals surface area contributed by atoms with Crippen LogP contribution in [0.3, 0.4) is 0 Å². The van der Waals surface area contributed by atoms with Gasteiger partial charge in [0.15, 0.2) is 0 Å². The van der Waals surface area contributed by atoms with E-state index in [1.165, 1.54) is 25.7 Å². The average Bonchev–Trinajstić information content (AvgIpc) is 2.19. The molecule has 5 aliphatic carbocycles. The Kier molecular flexibility index (Phi) is 2.14. The Morgan fingerprint density at radius 1 is 0.750 bits per heavy atom. The fraction of sp³-hybridized carbons (Fsp3) is 1.00. The van der Waals surface area contributed by atoms with Gasteiger partial charge >= 0.3 is 0 Å². The van der Waals surface area contributed by atoms with E-state index in [-0.39, 0.29) is 6.10 Å². The standard InChI is InChI=1S/C14H23NO/c16-13-6-12(7-13)15-14-10-2-8-1-9(4-10)5-11(14)3-8/h8-16H,1-7H2. The largest absolute Gasteiger partial charge is 0.393 e. The third-order valence-electron chi connectivity index (χ3n) is 5.77. The normalized spacial score (nSPS) is 58.7. The van der Waals surface area contributed by atoms with Gasteiger partial charge < -0.3 is 10.4 Å². The van der Waals surface area contributed by atoms with Crippen LogP contribution in [0.15, 0.2) is 0 Å². The molecule has 0 aromatic rings. The Balaban J connectivity index is 1.44. The van der Waals surface area contributed by atoms with Gasteiger partial charge in [0.1, 0.15) is 0 Å². The van der Waals surface area contributed by atoms with Crippen LogP contribution in [0.5, 0.6) is 0 Å². The molecule has 0 amide bonds. The molecule has 2 nitrogen and oxygen atoms in total. The lowest BCUT2D eigenvalue weighted by molar-refractivity contribution is -0.0324. The Hall–Kier alpha value is -0.0800. The minimum atomic E-state index is -0.00525. The van der Waals surface area contributed by atoms with E-state index in [2.05, 4.69) is 5.32 Å². The molecule has 0 spiro atoms. The Morgan fingerprint density at radius 2 is 1.31 bits per heavy atom. The zero-order valence-electron chi connectivity index (χ0n) is 9.94. The lowest BCUT2D eigenvalue weighted by Gasteiger charge is -2.56. The molecule has 0 heterocycles. The third kappa shape index (κ3) is 1.46. The predicted octanol–water partition coefficient (Wildman–Crippen LogP) is 1.92. The fourth-order valence-electron chi connectivity index (χ4n) is 5.19. The second-order valence-electron chi connectivity index (χ2n) is 6.95. The molecule has 5 aliphatic rings. The number of hydrogen-bond donors (Lipinski definition) is 2. The molecule has 16 heavy (non-hydrogen) atoms. The molecule has 2 N–H and O–H groups in total. The van der Waals surface area contributed by atoms with Crippen molar-refractivity contribution in [3.05, 3.63) is 0 Å². The van der Waals surface area contributed by atoms with Crippen molar-refractivity contribution < 1.29 is 5.11 Å². The zero-order chi connectivity index (χ0) is 10.7. The number of nitrogens with one attached hydrogen (secondary N) is 1. The third-order valence-corrected chi connectivity index (χ3v) is 5.77. The molecule has 5 rings (SSSR count). The van der Waals surface area contributed by atoms with Crippen LogP contribution in [-0.2, 0) is 0 Å². The monoisotopic (exact) mass is 221 g/mol. The van der Waals surface area contributed by atoms with Crippen LogP contribution in [0.2, 0.25) is 0 Å². The van der Waals surface area contributed by atoms with Gasteiger partial charge in [0.25, 0.3) is 0 Å². The van der Waals surface area contributed by atoms with Crippen molar-refractivity contribution in [2.24, 2.45) is 23.7 Å². The highest BCUT2D eigenvalue weighted by atomic mass is 16.3. The van der Waals surface area contributed by atoms with Crippen LogP contribution < -0.4 is 5.32 Å². The molecule has 0 radical (unpaired) electrons. The van der Waals surface area contributed by atoms with E-state index in [0.717, 1.165) is 42.6 Å². The fourth-order valence-corrected chi connectivity index (χ4v) is 5.19. The maximum atomic E-state index is 9.36. The minimum absolute atomic E-state index is 0.00525. The second-order valence-corrected chi connectivity index (χ2v) is 6.95. The summed E-state index contributed by atoms with van der Waals surface area (Å²) in [5.74, 6) is 4.11. The summed E-state index contributed by atoms with van der Waals surface area (Å²) < 4.78 is 0. The van der Waals surface area contributed by atoms with Gasteiger partial charge in [-0.05, 0) is 68.6 Å². The van der Waals surface area contributed by atoms with Crippen molar-refractivity contribution in [1.29, 1.82) is 0 Å². The summed E-state index contributed by atoms with van der Waals surface area (Å²) in [4.78, 5) is 0. The van der Waals surface area contributed by atoms with Crippen LogP contribution in [0.25, 0.3) is 0 Å². The van der Waals surface area contributed by atoms with Crippen molar-refractivity contribution in [3.63, 3.8) is 0 Å². The first-order valence-electron chi connectivity index (χ1n) is 7.22. The summed E-state index contributed by atoms with van der Waals surface area (Å²) in [5.41, 5.74) is 0. The summed E-state index contributed by atoms with van der Waals surface area (Å²) in [6.45, 7) is 0. The molecular weight excluding hydrogens is 198 g/mol. The van der Waals surface area contributed by atoms with Gasteiger partial charge in [-0.3, -0.25) is 0 Å². The molecule has 5 saturated carbocycles. The Morgan fingerprint density at radius 3 is 1.81 bits per heavy atom. The lowest BCUT2D eigenvalue weighted by atomic mass is 9.54. The number of hydrogen-bond acceptors (Lipinski definition) is 2. The Bertz CT molecular complexity index is 256. The molecule has 0 atom stereocenters. The highest BCUT2D eigenvalue weighted by Crippen LogP contribution is 2.54. The Labute approximate surface area is 97.8 Å². The summed E-state index contributed by atoms with van der Waals surface area (Å²) in [5, 5.41) is 13.2. The molecule has 0 saturated heterocycles. The summed E-state index contributed by atoms with van der Waals surface area (Å²) in [6.07, 6.45) is 9.54. The minimum Gasteiger partial charge on any atom is -0.393 e. The predicted molar refractivity (Wildman–Crippen MR) is 63.0 cm³/mol. The van der Waals surface area contributed by atoms with Gasteiger partial charge in [-0.25, -0.2) is 0 Å².